The van der Waals surface area contributed by atoms with Crippen LogP contribution < -0.4 is 9.64 Å². The third-order valence-corrected chi connectivity index (χ3v) is 3.75. The number of hydrogen-bond donors (Lipinski definition) is 0. The van der Waals surface area contributed by atoms with Gasteiger partial charge in [0, 0.05) is 15.7 Å². The minimum absolute atomic E-state index is 0.0488. The van der Waals surface area contributed by atoms with Gasteiger partial charge < -0.3 is 9.64 Å². The van der Waals surface area contributed by atoms with Crippen LogP contribution in [0.15, 0.2) is 46.9 Å². The molecule has 0 spiro atoms. The van der Waals surface area contributed by atoms with Crippen LogP contribution in [0.2, 0.25) is 0 Å². The normalized spacial score (nSPS) is 13.6. The predicted octanol–water partition coefficient (Wildman–Crippen LogP) is 3.62. The Labute approximate surface area is 119 Å². The van der Waals surface area contributed by atoms with Gasteiger partial charge in [-0.2, -0.15) is 0 Å². The molecule has 0 unspecified atom stereocenters. The summed E-state index contributed by atoms with van der Waals surface area (Å²) in [6, 6.07) is 13.3. The average molecular weight is 318 g/mol. The van der Waals surface area contributed by atoms with E-state index in [0.29, 0.717) is 6.54 Å². The minimum Gasteiger partial charge on any atom is -0.497 e. The van der Waals surface area contributed by atoms with E-state index in [1.165, 1.54) is 0 Å². The number of anilines is 1. The molecule has 0 radical (unpaired) electrons. The van der Waals surface area contributed by atoms with Gasteiger partial charge in [-0.05, 0) is 48.0 Å². The molecular formula is C15H12BrNO2. The SMILES string of the molecule is COc1ccc(N2Cc3cc(Br)ccc3C2=O)cc1. The van der Waals surface area contributed by atoms with E-state index in [1.807, 2.05) is 42.5 Å². The first kappa shape index (κ1) is 12.2. The lowest BCUT2D eigenvalue weighted by Gasteiger charge is -2.15. The molecule has 19 heavy (non-hydrogen) atoms. The molecule has 0 bridgehead atoms. The summed E-state index contributed by atoms with van der Waals surface area (Å²) in [5.74, 6) is 0.836. The van der Waals surface area contributed by atoms with Gasteiger partial charge in [0.15, 0.2) is 0 Å². The molecular weight excluding hydrogens is 306 g/mol. The second-order valence-electron chi connectivity index (χ2n) is 4.39. The van der Waals surface area contributed by atoms with Crippen molar-refractivity contribution in [1.29, 1.82) is 0 Å². The molecule has 0 atom stereocenters. The molecule has 0 aromatic heterocycles. The summed E-state index contributed by atoms with van der Waals surface area (Å²) in [6.45, 7) is 0.611. The van der Waals surface area contributed by atoms with Crippen LogP contribution in [0.1, 0.15) is 15.9 Å². The van der Waals surface area contributed by atoms with Gasteiger partial charge in [-0.3, -0.25) is 4.79 Å². The van der Waals surface area contributed by atoms with Gasteiger partial charge in [0.2, 0.25) is 0 Å². The summed E-state index contributed by atoms with van der Waals surface area (Å²) >= 11 is 3.43. The molecule has 1 aliphatic rings. The van der Waals surface area contributed by atoms with Gasteiger partial charge in [-0.1, -0.05) is 15.9 Å². The first-order valence-corrected chi connectivity index (χ1v) is 6.72. The number of ether oxygens (including phenoxy) is 1. The molecule has 3 rings (SSSR count). The van der Waals surface area contributed by atoms with Crippen LogP contribution in [-0.4, -0.2) is 13.0 Å². The van der Waals surface area contributed by atoms with Gasteiger partial charge in [0.1, 0.15) is 5.75 Å². The van der Waals surface area contributed by atoms with Gasteiger partial charge in [0.25, 0.3) is 5.91 Å². The zero-order chi connectivity index (χ0) is 13.4. The van der Waals surface area contributed by atoms with Crippen molar-refractivity contribution in [3.05, 3.63) is 58.1 Å². The first-order valence-electron chi connectivity index (χ1n) is 5.93. The third kappa shape index (κ3) is 2.12. The van der Waals surface area contributed by atoms with Crippen LogP contribution >= 0.6 is 15.9 Å². The van der Waals surface area contributed by atoms with Crippen LogP contribution in [0.4, 0.5) is 5.69 Å². The van der Waals surface area contributed by atoms with Crippen molar-refractivity contribution in [1.82, 2.24) is 0 Å². The number of methoxy groups -OCH3 is 1. The van der Waals surface area contributed by atoms with Crippen LogP contribution in [-0.2, 0) is 6.54 Å². The summed E-state index contributed by atoms with van der Waals surface area (Å²) in [7, 11) is 1.63. The second-order valence-corrected chi connectivity index (χ2v) is 5.31. The maximum absolute atomic E-state index is 12.3. The van der Waals surface area contributed by atoms with Gasteiger partial charge >= 0.3 is 0 Å². The van der Waals surface area contributed by atoms with E-state index in [4.69, 9.17) is 4.74 Å². The van der Waals surface area contributed by atoms with Crippen molar-refractivity contribution in [2.75, 3.05) is 12.0 Å². The highest BCUT2D eigenvalue weighted by Crippen LogP contribution is 2.30. The molecule has 1 aliphatic heterocycles. The van der Waals surface area contributed by atoms with Crippen LogP contribution in [0.5, 0.6) is 5.75 Å². The van der Waals surface area contributed by atoms with Crippen molar-refractivity contribution in [3.8, 4) is 5.75 Å². The molecule has 2 aromatic rings. The van der Waals surface area contributed by atoms with Crippen LogP contribution in [0, 0.1) is 0 Å². The Kier molecular flexibility index (Phi) is 3.03. The molecule has 0 saturated carbocycles. The predicted molar refractivity (Wildman–Crippen MR) is 77.6 cm³/mol. The van der Waals surface area contributed by atoms with Gasteiger partial charge in [-0.25, -0.2) is 0 Å². The minimum atomic E-state index is 0.0488. The second kappa shape index (κ2) is 4.70. The van der Waals surface area contributed by atoms with Gasteiger partial charge in [0.05, 0.1) is 13.7 Å². The summed E-state index contributed by atoms with van der Waals surface area (Å²) in [5, 5.41) is 0. The molecule has 96 valence electrons. The highest BCUT2D eigenvalue weighted by molar-refractivity contribution is 9.10. The van der Waals surface area contributed by atoms with E-state index in [9.17, 15) is 4.79 Å². The third-order valence-electron chi connectivity index (χ3n) is 3.26. The van der Waals surface area contributed by atoms with Crippen molar-refractivity contribution in [2.45, 2.75) is 6.54 Å². The number of benzene rings is 2. The number of fused-ring (bicyclic) bond motifs is 1. The fourth-order valence-electron chi connectivity index (χ4n) is 2.26. The number of carbonyl (C=O) groups excluding carboxylic acids is 1. The summed E-state index contributed by atoms with van der Waals surface area (Å²) < 4.78 is 6.12. The molecule has 1 heterocycles. The number of carbonyl (C=O) groups is 1. The Bertz CT molecular complexity index is 637. The maximum atomic E-state index is 12.3. The van der Waals surface area contributed by atoms with Crippen LogP contribution in [0.3, 0.4) is 0 Å². The summed E-state index contributed by atoms with van der Waals surface area (Å²) in [4.78, 5) is 14.1. The van der Waals surface area contributed by atoms with E-state index in [2.05, 4.69) is 15.9 Å². The van der Waals surface area contributed by atoms with E-state index >= 15 is 0 Å². The Hall–Kier alpha value is -1.81. The lowest BCUT2D eigenvalue weighted by Crippen LogP contribution is -2.22. The largest absolute Gasteiger partial charge is 0.497 e. The molecule has 3 nitrogen and oxygen atoms in total. The fraction of sp³-hybridized carbons (Fsp3) is 0.133. The molecule has 0 fully saturated rings. The number of rotatable bonds is 2. The number of nitrogens with zero attached hydrogens (tertiary/aromatic N) is 1. The average Bonchev–Trinajstić information content (AvgIpc) is 2.75. The molecule has 1 amide bonds. The van der Waals surface area contributed by atoms with E-state index in [-0.39, 0.29) is 5.91 Å². The maximum Gasteiger partial charge on any atom is 0.258 e. The topological polar surface area (TPSA) is 29.5 Å². The van der Waals surface area contributed by atoms with Gasteiger partial charge in [-0.15, -0.1) is 0 Å². The Morgan fingerprint density at radius 2 is 1.89 bits per heavy atom. The lowest BCUT2D eigenvalue weighted by molar-refractivity contribution is 0.0996. The summed E-state index contributed by atoms with van der Waals surface area (Å²) in [5.41, 5.74) is 2.72. The highest BCUT2D eigenvalue weighted by atomic mass is 79.9. The Morgan fingerprint density at radius 1 is 1.16 bits per heavy atom. The monoisotopic (exact) mass is 317 g/mol. The zero-order valence-electron chi connectivity index (χ0n) is 10.4. The smallest absolute Gasteiger partial charge is 0.258 e. The molecule has 2 aromatic carbocycles. The zero-order valence-corrected chi connectivity index (χ0v) is 12.0. The molecule has 0 saturated heterocycles. The molecule has 0 aliphatic carbocycles. The molecule has 0 N–H and O–H groups in total. The van der Waals surface area contributed by atoms with Crippen molar-refractivity contribution >= 4 is 27.5 Å². The number of hydrogen-bond acceptors (Lipinski definition) is 2. The number of halogens is 1. The fourth-order valence-corrected chi connectivity index (χ4v) is 2.67. The van der Waals surface area contributed by atoms with E-state index in [0.717, 1.165) is 27.0 Å². The quantitative estimate of drug-likeness (QED) is 0.846. The van der Waals surface area contributed by atoms with Crippen molar-refractivity contribution < 1.29 is 9.53 Å². The number of amides is 1. The lowest BCUT2D eigenvalue weighted by atomic mass is 10.1. The van der Waals surface area contributed by atoms with E-state index < -0.39 is 0 Å². The Balaban J connectivity index is 1.94. The highest BCUT2D eigenvalue weighted by Gasteiger charge is 2.28. The van der Waals surface area contributed by atoms with Crippen molar-refractivity contribution in [3.63, 3.8) is 0 Å². The van der Waals surface area contributed by atoms with Crippen LogP contribution in [0.25, 0.3) is 0 Å². The summed E-state index contributed by atoms with van der Waals surface area (Å²) in [6.07, 6.45) is 0. The first-order chi connectivity index (χ1) is 9.19. The molecule has 4 heteroatoms. The van der Waals surface area contributed by atoms with Crippen molar-refractivity contribution in [2.24, 2.45) is 0 Å². The Morgan fingerprint density at radius 3 is 2.58 bits per heavy atom. The standard InChI is InChI=1S/C15H12BrNO2/c1-19-13-5-3-12(4-6-13)17-9-10-8-11(16)2-7-14(10)15(17)18/h2-8H,9H2,1H3. The van der Waals surface area contributed by atoms with E-state index in [1.54, 1.807) is 12.0 Å².